The molecule has 0 radical (unpaired) electrons. The van der Waals surface area contributed by atoms with E-state index < -0.39 is 5.54 Å². The average Bonchev–Trinajstić information content (AvgIpc) is 2.82. The molecule has 0 aliphatic carbocycles. The molecule has 3 rings (SSSR count). The Hall–Kier alpha value is -1.98. The Balaban J connectivity index is 1.78. The lowest BCUT2D eigenvalue weighted by atomic mass is 9.94. The number of aryl methyl sites for hydroxylation is 1. The number of rotatable bonds is 4. The first-order chi connectivity index (χ1) is 12.0. The highest BCUT2D eigenvalue weighted by Gasteiger charge is 2.28. The molecule has 134 valence electrons. The van der Waals surface area contributed by atoms with Crippen LogP contribution in [-0.2, 0) is 15.1 Å². The topological polar surface area (TPSA) is 63.2 Å². The number of hydrogen-bond donors (Lipinski definition) is 2. The monoisotopic (exact) mass is 341 g/mol. The summed E-state index contributed by atoms with van der Waals surface area (Å²) >= 11 is 0. The summed E-state index contributed by atoms with van der Waals surface area (Å²) in [6, 6.07) is 10.2. The highest BCUT2D eigenvalue weighted by molar-refractivity contribution is 5.86. The van der Waals surface area contributed by atoms with Gasteiger partial charge in [-0.3, -0.25) is 9.78 Å². The Morgan fingerprint density at radius 2 is 2.16 bits per heavy atom. The number of benzene rings is 1. The maximum Gasteiger partial charge on any atom is 0.223 e. The Bertz CT molecular complexity index is 750. The summed E-state index contributed by atoms with van der Waals surface area (Å²) in [4.78, 5) is 17.3. The fraction of sp³-hybridized carbons (Fsp3) is 0.500. The number of nitrogens with zero attached hydrogens (tertiary/aromatic N) is 1. The summed E-state index contributed by atoms with van der Waals surface area (Å²) in [6.45, 7) is 8.41. The summed E-state index contributed by atoms with van der Waals surface area (Å²) in [5.41, 5.74) is 1.31. The van der Waals surface area contributed by atoms with E-state index in [2.05, 4.69) is 28.8 Å². The number of aromatic nitrogens is 1. The van der Waals surface area contributed by atoms with Gasteiger partial charge in [0.25, 0.3) is 0 Å². The fourth-order valence-corrected chi connectivity index (χ4v) is 3.40. The third kappa shape index (κ3) is 4.35. The molecule has 1 aliphatic rings. The van der Waals surface area contributed by atoms with Crippen molar-refractivity contribution in [3.8, 4) is 0 Å². The molecule has 0 bridgehead atoms. The van der Waals surface area contributed by atoms with E-state index in [0.717, 1.165) is 41.7 Å². The number of carbonyl (C=O) groups is 1. The molecular weight excluding hydrogens is 314 g/mol. The van der Waals surface area contributed by atoms with Crippen LogP contribution in [0.5, 0.6) is 0 Å². The Kier molecular flexibility index (Phi) is 5.35. The van der Waals surface area contributed by atoms with Crippen LogP contribution in [-0.4, -0.2) is 36.7 Å². The van der Waals surface area contributed by atoms with Crippen LogP contribution in [0.15, 0.2) is 30.3 Å². The quantitative estimate of drug-likeness (QED) is 0.897. The van der Waals surface area contributed by atoms with Gasteiger partial charge in [0.05, 0.1) is 30.4 Å². The van der Waals surface area contributed by atoms with Crippen molar-refractivity contribution in [3.05, 3.63) is 41.7 Å². The molecule has 1 aromatic heterocycles. The van der Waals surface area contributed by atoms with Crippen molar-refractivity contribution < 1.29 is 9.53 Å². The van der Waals surface area contributed by atoms with Gasteiger partial charge in [-0.15, -0.1) is 0 Å². The molecule has 2 aromatic rings. The van der Waals surface area contributed by atoms with Gasteiger partial charge in [-0.1, -0.05) is 24.3 Å². The summed E-state index contributed by atoms with van der Waals surface area (Å²) < 4.78 is 5.74. The standard InChI is InChI=1S/C20H27N3O2/c1-14-12-15-6-4-5-7-17(15)19(22-14)20(2,3)23-18(24)13-16-8-9-21-10-11-25-16/h4-7,12,16,21H,8-11,13H2,1-3H3,(H,23,24). The molecule has 1 saturated heterocycles. The molecule has 1 amide bonds. The SMILES string of the molecule is Cc1cc2ccccc2c(C(C)(C)NC(=O)CC2CCNCCO2)n1. The lowest BCUT2D eigenvalue weighted by Crippen LogP contribution is -2.43. The minimum Gasteiger partial charge on any atom is -0.376 e. The molecule has 0 saturated carbocycles. The van der Waals surface area contributed by atoms with Crippen molar-refractivity contribution in [1.82, 2.24) is 15.6 Å². The lowest BCUT2D eigenvalue weighted by molar-refractivity contribution is -0.125. The van der Waals surface area contributed by atoms with Crippen molar-refractivity contribution in [2.75, 3.05) is 19.7 Å². The molecule has 25 heavy (non-hydrogen) atoms. The van der Waals surface area contributed by atoms with Crippen LogP contribution in [0.2, 0.25) is 0 Å². The molecule has 1 fully saturated rings. The second kappa shape index (κ2) is 7.50. The van der Waals surface area contributed by atoms with Gasteiger partial charge < -0.3 is 15.4 Å². The summed E-state index contributed by atoms with van der Waals surface area (Å²) in [5.74, 6) is 0.00397. The van der Waals surface area contributed by atoms with Crippen molar-refractivity contribution in [2.24, 2.45) is 0 Å². The second-order valence-electron chi connectivity index (χ2n) is 7.24. The van der Waals surface area contributed by atoms with Crippen LogP contribution in [0.1, 0.15) is 38.1 Å². The van der Waals surface area contributed by atoms with Crippen LogP contribution in [0, 0.1) is 6.92 Å². The summed E-state index contributed by atoms with van der Waals surface area (Å²) in [6.07, 6.45) is 1.22. The van der Waals surface area contributed by atoms with Crippen LogP contribution in [0.25, 0.3) is 10.8 Å². The average molecular weight is 341 g/mol. The number of carbonyl (C=O) groups excluding carboxylic acids is 1. The number of hydrogen-bond acceptors (Lipinski definition) is 4. The fourth-order valence-electron chi connectivity index (χ4n) is 3.40. The van der Waals surface area contributed by atoms with Gasteiger partial charge in [-0.05, 0) is 45.2 Å². The number of nitrogens with one attached hydrogen (secondary N) is 2. The normalized spacial score (nSPS) is 18.8. The van der Waals surface area contributed by atoms with Crippen LogP contribution in [0.3, 0.4) is 0 Å². The van der Waals surface area contributed by atoms with Gasteiger partial charge >= 0.3 is 0 Å². The minimum atomic E-state index is -0.550. The Labute approximate surface area is 149 Å². The lowest BCUT2D eigenvalue weighted by Gasteiger charge is -2.28. The van der Waals surface area contributed by atoms with Crippen LogP contribution < -0.4 is 10.6 Å². The smallest absolute Gasteiger partial charge is 0.223 e. The van der Waals surface area contributed by atoms with E-state index in [1.165, 1.54) is 0 Å². The van der Waals surface area contributed by atoms with Crippen LogP contribution in [0.4, 0.5) is 0 Å². The van der Waals surface area contributed by atoms with Crippen LogP contribution >= 0.6 is 0 Å². The Morgan fingerprint density at radius 3 is 3.00 bits per heavy atom. The van der Waals surface area contributed by atoms with E-state index >= 15 is 0 Å². The van der Waals surface area contributed by atoms with Gasteiger partial charge in [0.1, 0.15) is 0 Å². The first-order valence-electron chi connectivity index (χ1n) is 8.96. The van der Waals surface area contributed by atoms with E-state index in [9.17, 15) is 4.79 Å². The first-order valence-corrected chi connectivity index (χ1v) is 8.96. The molecule has 1 aliphatic heterocycles. The molecule has 5 nitrogen and oxygen atoms in total. The molecular formula is C20H27N3O2. The number of ether oxygens (including phenoxy) is 1. The third-order valence-corrected chi connectivity index (χ3v) is 4.60. The van der Waals surface area contributed by atoms with E-state index in [-0.39, 0.29) is 12.0 Å². The highest BCUT2D eigenvalue weighted by atomic mass is 16.5. The van der Waals surface area contributed by atoms with Gasteiger partial charge in [0.15, 0.2) is 0 Å². The van der Waals surface area contributed by atoms with Crippen molar-refractivity contribution in [3.63, 3.8) is 0 Å². The third-order valence-electron chi connectivity index (χ3n) is 4.60. The van der Waals surface area contributed by atoms with E-state index in [1.807, 2.05) is 32.9 Å². The van der Waals surface area contributed by atoms with Gasteiger partial charge in [-0.25, -0.2) is 0 Å². The van der Waals surface area contributed by atoms with Gasteiger partial charge in [0, 0.05) is 17.6 Å². The predicted molar refractivity (Wildman–Crippen MR) is 99.5 cm³/mol. The van der Waals surface area contributed by atoms with E-state index in [1.54, 1.807) is 0 Å². The zero-order valence-corrected chi connectivity index (χ0v) is 15.3. The highest BCUT2D eigenvalue weighted by Crippen LogP contribution is 2.27. The molecule has 1 unspecified atom stereocenters. The first kappa shape index (κ1) is 17.8. The number of pyridine rings is 1. The summed E-state index contributed by atoms with van der Waals surface area (Å²) in [5, 5.41) is 8.66. The molecule has 1 atom stereocenters. The van der Waals surface area contributed by atoms with Gasteiger partial charge in [0.2, 0.25) is 5.91 Å². The largest absolute Gasteiger partial charge is 0.376 e. The summed E-state index contributed by atoms with van der Waals surface area (Å²) in [7, 11) is 0. The maximum absolute atomic E-state index is 12.6. The van der Waals surface area contributed by atoms with Crippen molar-refractivity contribution in [2.45, 2.75) is 45.3 Å². The number of fused-ring (bicyclic) bond motifs is 1. The van der Waals surface area contributed by atoms with E-state index in [4.69, 9.17) is 9.72 Å². The zero-order chi connectivity index (χ0) is 17.9. The minimum absolute atomic E-state index is 0.00397. The molecule has 5 heteroatoms. The molecule has 2 heterocycles. The maximum atomic E-state index is 12.6. The number of amides is 1. The second-order valence-corrected chi connectivity index (χ2v) is 7.24. The van der Waals surface area contributed by atoms with Crippen molar-refractivity contribution in [1.29, 1.82) is 0 Å². The van der Waals surface area contributed by atoms with Crippen molar-refractivity contribution >= 4 is 16.7 Å². The van der Waals surface area contributed by atoms with E-state index in [0.29, 0.717) is 13.0 Å². The molecule has 1 aromatic carbocycles. The predicted octanol–water partition coefficient (Wildman–Crippen LogP) is 2.66. The van der Waals surface area contributed by atoms with Gasteiger partial charge in [-0.2, -0.15) is 0 Å². The molecule has 0 spiro atoms. The zero-order valence-electron chi connectivity index (χ0n) is 15.3. The Morgan fingerprint density at radius 1 is 1.36 bits per heavy atom. The molecule has 2 N–H and O–H groups in total.